The Morgan fingerprint density at radius 3 is 2.61 bits per heavy atom. The Balaban J connectivity index is 2.18. The molecule has 0 amide bonds. The Morgan fingerprint density at radius 1 is 1.28 bits per heavy atom. The van der Waals surface area contributed by atoms with Crippen LogP contribution in [0.15, 0.2) is 29.2 Å². The Morgan fingerprint density at radius 2 is 2.00 bits per heavy atom. The number of hydrogen-bond donors (Lipinski definition) is 1. The highest BCUT2D eigenvalue weighted by Gasteiger charge is 2.11. The summed E-state index contributed by atoms with van der Waals surface area (Å²) < 4.78 is 0. The fourth-order valence-electron chi connectivity index (χ4n) is 1.65. The van der Waals surface area contributed by atoms with Crippen LogP contribution in [0.25, 0.3) is 10.6 Å². The van der Waals surface area contributed by atoms with E-state index in [0.717, 1.165) is 22.1 Å². The van der Waals surface area contributed by atoms with Crippen molar-refractivity contribution in [2.75, 3.05) is 12.8 Å². The van der Waals surface area contributed by atoms with Crippen LogP contribution in [-0.2, 0) is 0 Å². The average Bonchev–Trinajstić information content (AvgIpc) is 2.89. The molecule has 2 aromatic rings. The van der Waals surface area contributed by atoms with Gasteiger partial charge in [0.1, 0.15) is 10.0 Å². The van der Waals surface area contributed by atoms with E-state index in [1.807, 2.05) is 0 Å². The molecule has 1 heterocycles. The van der Waals surface area contributed by atoms with Gasteiger partial charge in [0, 0.05) is 10.5 Å². The van der Waals surface area contributed by atoms with Crippen LogP contribution in [0.1, 0.15) is 24.9 Å². The first-order valence-electron chi connectivity index (χ1n) is 5.95. The summed E-state index contributed by atoms with van der Waals surface area (Å²) in [5, 5.41) is 13.9. The summed E-state index contributed by atoms with van der Waals surface area (Å²) in [6.45, 7) is 5.16. The largest absolute Gasteiger partial charge is 0.308 e. The number of aromatic nitrogens is 2. The predicted octanol–water partition coefficient (Wildman–Crippen LogP) is 3.60. The van der Waals surface area contributed by atoms with Crippen LogP contribution in [0.2, 0.25) is 0 Å². The lowest BCUT2D eigenvalue weighted by Crippen LogP contribution is -2.17. The first-order valence-corrected chi connectivity index (χ1v) is 8.00. The van der Waals surface area contributed by atoms with Gasteiger partial charge in [-0.1, -0.05) is 30.4 Å². The molecule has 0 fully saturated rings. The maximum absolute atomic E-state index is 4.27. The van der Waals surface area contributed by atoms with Crippen LogP contribution in [-0.4, -0.2) is 23.0 Å². The van der Waals surface area contributed by atoms with Crippen LogP contribution in [0.4, 0.5) is 0 Å². The molecule has 0 aliphatic heterocycles. The smallest absolute Gasteiger partial charge is 0.147 e. The van der Waals surface area contributed by atoms with E-state index in [1.54, 1.807) is 23.1 Å². The van der Waals surface area contributed by atoms with Crippen molar-refractivity contribution in [2.24, 2.45) is 0 Å². The van der Waals surface area contributed by atoms with Crippen molar-refractivity contribution in [3.8, 4) is 10.6 Å². The topological polar surface area (TPSA) is 37.8 Å². The lowest BCUT2D eigenvalue weighted by atomic mass is 10.2. The number of nitrogens with zero attached hydrogens (tertiary/aromatic N) is 2. The SMILES string of the molecule is CCNC(C)c1nnc(-c2ccc(SC)cc2)s1. The standard InChI is InChI=1S/C13H17N3S2/c1-4-14-9(2)12-15-16-13(18-12)10-5-7-11(17-3)8-6-10/h5-9,14H,4H2,1-3H3. The highest BCUT2D eigenvalue weighted by molar-refractivity contribution is 7.98. The van der Waals surface area contributed by atoms with Gasteiger partial charge in [-0.3, -0.25) is 0 Å². The van der Waals surface area contributed by atoms with Crippen molar-refractivity contribution in [2.45, 2.75) is 24.8 Å². The van der Waals surface area contributed by atoms with E-state index in [2.05, 4.69) is 59.9 Å². The van der Waals surface area contributed by atoms with Crippen molar-refractivity contribution in [3.05, 3.63) is 29.3 Å². The van der Waals surface area contributed by atoms with Gasteiger partial charge >= 0.3 is 0 Å². The van der Waals surface area contributed by atoms with Gasteiger partial charge in [0.25, 0.3) is 0 Å². The molecule has 0 saturated heterocycles. The Hall–Kier alpha value is -0.910. The molecular weight excluding hydrogens is 262 g/mol. The lowest BCUT2D eigenvalue weighted by molar-refractivity contribution is 0.590. The molecule has 5 heteroatoms. The summed E-state index contributed by atoms with van der Waals surface area (Å²) in [7, 11) is 0. The molecule has 0 bridgehead atoms. The Labute approximate surface area is 116 Å². The second-order valence-electron chi connectivity index (χ2n) is 3.95. The number of rotatable bonds is 5. The number of nitrogens with one attached hydrogen (secondary N) is 1. The molecule has 0 saturated carbocycles. The van der Waals surface area contributed by atoms with E-state index in [4.69, 9.17) is 0 Å². The molecule has 0 aliphatic rings. The van der Waals surface area contributed by atoms with E-state index < -0.39 is 0 Å². The minimum Gasteiger partial charge on any atom is -0.308 e. The third-order valence-electron chi connectivity index (χ3n) is 2.66. The molecule has 0 spiro atoms. The first-order chi connectivity index (χ1) is 8.74. The molecule has 1 N–H and O–H groups in total. The van der Waals surface area contributed by atoms with Gasteiger partial charge in [0.05, 0.1) is 6.04 Å². The van der Waals surface area contributed by atoms with E-state index in [9.17, 15) is 0 Å². The van der Waals surface area contributed by atoms with Gasteiger partial charge in [0.15, 0.2) is 0 Å². The third-order valence-corrected chi connectivity index (χ3v) is 4.56. The van der Waals surface area contributed by atoms with Crippen molar-refractivity contribution in [1.29, 1.82) is 0 Å². The lowest BCUT2D eigenvalue weighted by Gasteiger charge is -2.06. The number of benzene rings is 1. The molecule has 3 nitrogen and oxygen atoms in total. The fourth-order valence-corrected chi connectivity index (χ4v) is 2.94. The summed E-state index contributed by atoms with van der Waals surface area (Å²) in [6.07, 6.45) is 2.08. The third kappa shape index (κ3) is 3.10. The molecule has 0 radical (unpaired) electrons. The molecule has 1 unspecified atom stereocenters. The highest BCUT2D eigenvalue weighted by Crippen LogP contribution is 2.28. The minimum atomic E-state index is 0.270. The van der Waals surface area contributed by atoms with Crippen molar-refractivity contribution < 1.29 is 0 Å². The summed E-state index contributed by atoms with van der Waals surface area (Å²) in [4.78, 5) is 1.27. The van der Waals surface area contributed by atoms with Crippen molar-refractivity contribution >= 4 is 23.1 Å². The zero-order chi connectivity index (χ0) is 13.0. The normalized spacial score (nSPS) is 12.6. The second kappa shape index (κ2) is 6.31. The van der Waals surface area contributed by atoms with Gasteiger partial charge in [-0.15, -0.1) is 22.0 Å². The Kier molecular flexibility index (Phi) is 4.74. The summed E-state index contributed by atoms with van der Waals surface area (Å²) in [5.41, 5.74) is 1.14. The fraction of sp³-hybridized carbons (Fsp3) is 0.385. The van der Waals surface area contributed by atoms with Crippen LogP contribution in [0.5, 0.6) is 0 Å². The summed E-state index contributed by atoms with van der Waals surface area (Å²) >= 11 is 3.40. The maximum Gasteiger partial charge on any atom is 0.147 e. The van der Waals surface area contributed by atoms with Crippen molar-refractivity contribution in [1.82, 2.24) is 15.5 Å². The molecule has 96 valence electrons. The predicted molar refractivity (Wildman–Crippen MR) is 79.2 cm³/mol. The molecule has 2 rings (SSSR count). The zero-order valence-electron chi connectivity index (χ0n) is 10.8. The Bertz CT molecular complexity index is 493. The molecule has 0 aliphatic carbocycles. The van der Waals surface area contributed by atoms with Crippen molar-refractivity contribution in [3.63, 3.8) is 0 Å². The van der Waals surface area contributed by atoms with E-state index in [-0.39, 0.29) is 6.04 Å². The van der Waals surface area contributed by atoms with Crippen LogP contribution < -0.4 is 5.32 Å². The first kappa shape index (κ1) is 13.5. The maximum atomic E-state index is 4.27. The number of thioether (sulfide) groups is 1. The average molecular weight is 279 g/mol. The summed E-state index contributed by atoms with van der Waals surface area (Å²) in [6, 6.07) is 8.72. The monoisotopic (exact) mass is 279 g/mol. The number of hydrogen-bond acceptors (Lipinski definition) is 5. The van der Waals surface area contributed by atoms with E-state index in [0.29, 0.717) is 0 Å². The zero-order valence-corrected chi connectivity index (χ0v) is 12.4. The van der Waals surface area contributed by atoms with Gasteiger partial charge < -0.3 is 5.32 Å². The van der Waals surface area contributed by atoms with Gasteiger partial charge in [-0.25, -0.2) is 0 Å². The van der Waals surface area contributed by atoms with Gasteiger partial charge in [-0.2, -0.15) is 0 Å². The second-order valence-corrected chi connectivity index (χ2v) is 5.84. The molecule has 1 aromatic carbocycles. The van der Waals surface area contributed by atoms with Crippen LogP contribution >= 0.6 is 23.1 Å². The minimum absolute atomic E-state index is 0.270. The molecule has 18 heavy (non-hydrogen) atoms. The summed E-state index contributed by atoms with van der Waals surface area (Å²) in [5.74, 6) is 0. The quantitative estimate of drug-likeness (QED) is 0.849. The molecule has 1 aromatic heterocycles. The molecular formula is C13H17N3S2. The molecule has 1 atom stereocenters. The van der Waals surface area contributed by atoms with E-state index >= 15 is 0 Å². The van der Waals surface area contributed by atoms with Gasteiger partial charge in [0.2, 0.25) is 0 Å². The highest BCUT2D eigenvalue weighted by atomic mass is 32.2. The van der Waals surface area contributed by atoms with Gasteiger partial charge in [-0.05, 0) is 31.9 Å². The van der Waals surface area contributed by atoms with E-state index in [1.165, 1.54) is 4.90 Å². The van der Waals surface area contributed by atoms with Crippen LogP contribution in [0.3, 0.4) is 0 Å². The van der Waals surface area contributed by atoms with Crippen LogP contribution in [0, 0.1) is 0 Å².